The predicted molar refractivity (Wildman–Crippen MR) is 116 cm³/mol. The number of methoxy groups -OCH3 is 1. The maximum absolute atomic E-state index is 13.2. The maximum atomic E-state index is 13.2. The summed E-state index contributed by atoms with van der Waals surface area (Å²) in [6, 6.07) is 18.0. The summed E-state index contributed by atoms with van der Waals surface area (Å²) in [6.45, 7) is 2.72. The molecule has 0 radical (unpaired) electrons. The normalized spacial score (nSPS) is 15.1. The summed E-state index contributed by atoms with van der Waals surface area (Å²) in [4.78, 5) is 15.2. The van der Waals surface area contributed by atoms with Gasteiger partial charge in [-0.2, -0.15) is 0 Å². The van der Waals surface area contributed by atoms with Gasteiger partial charge in [0.05, 0.1) is 12.8 Å². The minimum atomic E-state index is -0.0581. The van der Waals surface area contributed by atoms with Crippen LogP contribution in [0.5, 0.6) is 5.75 Å². The van der Waals surface area contributed by atoms with Crippen LogP contribution < -0.4 is 10.1 Å². The van der Waals surface area contributed by atoms with Gasteiger partial charge in [-0.25, -0.2) is 4.79 Å². The number of rotatable bonds is 6. The Hall–Kier alpha value is -2.75. The van der Waals surface area contributed by atoms with Crippen LogP contribution in [0.25, 0.3) is 6.08 Å². The lowest BCUT2D eigenvalue weighted by molar-refractivity contribution is 0.174. The highest BCUT2D eigenvalue weighted by atomic mass is 16.5. The molecule has 0 bridgehead atoms. The summed E-state index contributed by atoms with van der Waals surface area (Å²) in [5, 5.41) is 3.06. The molecular formula is C24H30N2O2. The topological polar surface area (TPSA) is 41.6 Å². The van der Waals surface area contributed by atoms with Crippen LogP contribution in [-0.2, 0) is 0 Å². The van der Waals surface area contributed by atoms with E-state index in [9.17, 15) is 4.79 Å². The smallest absolute Gasteiger partial charge is 0.322 e. The van der Waals surface area contributed by atoms with Gasteiger partial charge >= 0.3 is 6.03 Å². The zero-order chi connectivity index (χ0) is 19.8. The molecule has 148 valence electrons. The monoisotopic (exact) mass is 378 g/mol. The van der Waals surface area contributed by atoms with Crippen molar-refractivity contribution in [1.29, 1.82) is 0 Å². The van der Waals surface area contributed by atoms with E-state index in [-0.39, 0.29) is 12.1 Å². The molecular weight excluding hydrogens is 348 g/mol. The van der Waals surface area contributed by atoms with E-state index in [2.05, 4.69) is 30.4 Å². The van der Waals surface area contributed by atoms with Crippen LogP contribution in [0, 0.1) is 0 Å². The Morgan fingerprint density at radius 3 is 2.46 bits per heavy atom. The van der Waals surface area contributed by atoms with E-state index in [0.29, 0.717) is 18.0 Å². The first-order valence-electron chi connectivity index (χ1n) is 10.1. The van der Waals surface area contributed by atoms with Gasteiger partial charge in [0, 0.05) is 12.6 Å². The Labute approximate surface area is 168 Å². The summed E-state index contributed by atoms with van der Waals surface area (Å²) in [5.74, 6) is 0.677. The number of nitrogens with one attached hydrogen (secondary N) is 1. The number of nitrogens with zero attached hydrogens (tertiary/aromatic N) is 1. The number of carbonyl (C=O) groups is 1. The van der Waals surface area contributed by atoms with Gasteiger partial charge < -0.3 is 15.0 Å². The van der Waals surface area contributed by atoms with Crippen molar-refractivity contribution in [3.63, 3.8) is 0 Å². The highest BCUT2D eigenvalue weighted by molar-refractivity contribution is 5.91. The summed E-state index contributed by atoms with van der Waals surface area (Å²) in [7, 11) is 1.62. The average Bonchev–Trinajstić information content (AvgIpc) is 2.73. The van der Waals surface area contributed by atoms with Gasteiger partial charge in [-0.15, -0.1) is 0 Å². The highest BCUT2D eigenvalue weighted by Crippen LogP contribution is 2.27. The van der Waals surface area contributed by atoms with Gasteiger partial charge in [-0.3, -0.25) is 0 Å². The van der Waals surface area contributed by atoms with Crippen molar-refractivity contribution >= 4 is 17.8 Å². The zero-order valence-corrected chi connectivity index (χ0v) is 16.9. The van der Waals surface area contributed by atoms with Crippen molar-refractivity contribution in [2.45, 2.75) is 45.1 Å². The Balaban J connectivity index is 1.78. The molecule has 0 saturated heterocycles. The number of para-hydroxylation sites is 2. The second kappa shape index (κ2) is 9.98. The largest absolute Gasteiger partial charge is 0.495 e. The van der Waals surface area contributed by atoms with Crippen LogP contribution in [0.2, 0.25) is 0 Å². The fourth-order valence-corrected chi connectivity index (χ4v) is 3.84. The SMILES string of the molecule is COc1ccccc1NC(=O)N(C/C(C)=C/c1ccccc1)C1CCCCC1. The van der Waals surface area contributed by atoms with Crippen LogP contribution >= 0.6 is 0 Å². The fraction of sp³-hybridized carbons (Fsp3) is 0.375. The van der Waals surface area contributed by atoms with Crippen molar-refractivity contribution in [1.82, 2.24) is 4.90 Å². The molecule has 2 aromatic carbocycles. The number of hydrogen-bond donors (Lipinski definition) is 1. The molecule has 1 saturated carbocycles. The molecule has 0 aromatic heterocycles. The Morgan fingerprint density at radius 2 is 1.75 bits per heavy atom. The summed E-state index contributed by atoms with van der Waals surface area (Å²) in [5.41, 5.74) is 3.04. The number of anilines is 1. The van der Waals surface area contributed by atoms with Crippen molar-refractivity contribution < 1.29 is 9.53 Å². The Kier molecular flexibility index (Phi) is 7.12. The molecule has 1 N–H and O–H groups in total. The quantitative estimate of drug-likeness (QED) is 0.673. The molecule has 2 aromatic rings. The van der Waals surface area contributed by atoms with Crippen molar-refractivity contribution in [3.8, 4) is 5.75 Å². The summed E-state index contributed by atoms with van der Waals surface area (Å²) in [6.07, 6.45) is 7.93. The lowest BCUT2D eigenvalue weighted by Crippen LogP contribution is -2.44. The van der Waals surface area contributed by atoms with Crippen LogP contribution in [0.1, 0.15) is 44.6 Å². The van der Waals surface area contributed by atoms with E-state index in [4.69, 9.17) is 4.74 Å². The van der Waals surface area contributed by atoms with E-state index in [1.807, 2.05) is 47.4 Å². The minimum absolute atomic E-state index is 0.0581. The van der Waals surface area contributed by atoms with Crippen LogP contribution in [0.3, 0.4) is 0 Å². The fourth-order valence-electron chi connectivity index (χ4n) is 3.84. The van der Waals surface area contributed by atoms with Crippen LogP contribution in [0.15, 0.2) is 60.2 Å². The predicted octanol–water partition coefficient (Wildman–Crippen LogP) is 5.97. The molecule has 28 heavy (non-hydrogen) atoms. The first-order valence-corrected chi connectivity index (χ1v) is 10.1. The van der Waals surface area contributed by atoms with Gasteiger partial charge in [0.2, 0.25) is 0 Å². The first-order chi connectivity index (χ1) is 13.7. The third kappa shape index (κ3) is 5.38. The van der Waals surface area contributed by atoms with E-state index in [1.165, 1.54) is 24.8 Å². The number of carbonyl (C=O) groups excluding carboxylic acids is 1. The van der Waals surface area contributed by atoms with Gasteiger partial charge in [-0.05, 0) is 37.5 Å². The lowest BCUT2D eigenvalue weighted by atomic mass is 9.94. The summed E-state index contributed by atoms with van der Waals surface area (Å²) >= 11 is 0. The molecule has 1 aliphatic carbocycles. The molecule has 2 amide bonds. The average molecular weight is 379 g/mol. The molecule has 4 nitrogen and oxygen atoms in total. The second-order valence-corrected chi connectivity index (χ2v) is 7.45. The molecule has 0 atom stereocenters. The van der Waals surface area contributed by atoms with E-state index < -0.39 is 0 Å². The standard InChI is InChI=1S/C24H30N2O2/c1-19(17-20-11-5-3-6-12-20)18-26(21-13-7-4-8-14-21)24(27)25-22-15-9-10-16-23(22)28-2/h3,5-6,9-12,15-17,21H,4,7-8,13-14,18H2,1-2H3,(H,25,27)/b19-17+. The number of benzene rings is 2. The summed E-state index contributed by atoms with van der Waals surface area (Å²) < 4.78 is 5.39. The molecule has 1 fully saturated rings. The van der Waals surface area contributed by atoms with Gasteiger partial charge in [0.1, 0.15) is 5.75 Å². The van der Waals surface area contributed by atoms with E-state index in [0.717, 1.165) is 18.4 Å². The molecule has 0 spiro atoms. The number of ether oxygens (including phenoxy) is 1. The van der Waals surface area contributed by atoms with Crippen LogP contribution in [0.4, 0.5) is 10.5 Å². The molecule has 4 heteroatoms. The number of urea groups is 1. The molecule has 0 unspecified atom stereocenters. The van der Waals surface area contributed by atoms with Gasteiger partial charge in [-0.1, -0.05) is 73.4 Å². The van der Waals surface area contributed by atoms with Crippen molar-refractivity contribution in [2.75, 3.05) is 19.0 Å². The van der Waals surface area contributed by atoms with E-state index in [1.54, 1.807) is 7.11 Å². The highest BCUT2D eigenvalue weighted by Gasteiger charge is 2.26. The maximum Gasteiger partial charge on any atom is 0.322 e. The lowest BCUT2D eigenvalue weighted by Gasteiger charge is -2.35. The first kappa shape index (κ1) is 20.0. The second-order valence-electron chi connectivity index (χ2n) is 7.45. The minimum Gasteiger partial charge on any atom is -0.495 e. The molecule has 3 rings (SSSR count). The molecule has 0 heterocycles. The van der Waals surface area contributed by atoms with Crippen molar-refractivity contribution in [3.05, 3.63) is 65.7 Å². The Morgan fingerprint density at radius 1 is 1.07 bits per heavy atom. The Bertz CT molecular complexity index is 795. The molecule has 1 aliphatic rings. The number of amides is 2. The third-order valence-electron chi connectivity index (χ3n) is 5.26. The van der Waals surface area contributed by atoms with Gasteiger partial charge in [0.15, 0.2) is 0 Å². The van der Waals surface area contributed by atoms with Crippen molar-refractivity contribution in [2.24, 2.45) is 0 Å². The third-order valence-corrected chi connectivity index (χ3v) is 5.26. The van der Waals surface area contributed by atoms with Crippen LogP contribution in [-0.4, -0.2) is 30.6 Å². The molecule has 0 aliphatic heterocycles. The van der Waals surface area contributed by atoms with Gasteiger partial charge in [0.25, 0.3) is 0 Å². The van der Waals surface area contributed by atoms with E-state index >= 15 is 0 Å². The zero-order valence-electron chi connectivity index (χ0n) is 16.9. The number of hydrogen-bond acceptors (Lipinski definition) is 2.